The molecule has 0 aliphatic carbocycles. The van der Waals surface area contributed by atoms with E-state index in [1.54, 1.807) is 0 Å². The smallest absolute Gasteiger partial charge is 0.178 e. The fourth-order valence-electron chi connectivity index (χ4n) is 0.993. The van der Waals surface area contributed by atoms with Crippen molar-refractivity contribution < 1.29 is 8.78 Å². The SMILES string of the molecule is CC(C)CNc1nc(NN)c(F)cc1F. The predicted octanol–water partition coefficient (Wildman–Crippen LogP) is 1.71. The van der Waals surface area contributed by atoms with Crippen molar-refractivity contribution in [1.82, 2.24) is 4.98 Å². The Morgan fingerprint density at radius 2 is 1.93 bits per heavy atom. The number of nitrogens with one attached hydrogen (secondary N) is 2. The molecule has 0 radical (unpaired) electrons. The van der Waals surface area contributed by atoms with E-state index >= 15 is 0 Å². The second kappa shape index (κ2) is 4.88. The standard InChI is InChI=1S/C9H14F2N4/c1-5(2)4-13-8-6(10)3-7(11)9(14-8)15-12/h3,5H,4,12H2,1-2H3,(H2,13,14,15). The van der Waals surface area contributed by atoms with Crippen LogP contribution in [0.25, 0.3) is 0 Å². The highest BCUT2D eigenvalue weighted by Crippen LogP contribution is 2.18. The van der Waals surface area contributed by atoms with Gasteiger partial charge in [0.2, 0.25) is 0 Å². The van der Waals surface area contributed by atoms with Crippen LogP contribution in [0.4, 0.5) is 20.4 Å². The lowest BCUT2D eigenvalue weighted by Gasteiger charge is -2.10. The van der Waals surface area contributed by atoms with Gasteiger partial charge in [-0.2, -0.15) is 0 Å². The lowest BCUT2D eigenvalue weighted by atomic mass is 10.2. The van der Waals surface area contributed by atoms with E-state index in [2.05, 4.69) is 15.7 Å². The number of halogens is 2. The van der Waals surface area contributed by atoms with Crippen LogP contribution in [0.2, 0.25) is 0 Å². The summed E-state index contributed by atoms with van der Waals surface area (Å²) < 4.78 is 26.1. The van der Waals surface area contributed by atoms with Crippen LogP contribution in [-0.2, 0) is 0 Å². The molecule has 0 atom stereocenters. The van der Waals surface area contributed by atoms with Crippen LogP contribution < -0.4 is 16.6 Å². The van der Waals surface area contributed by atoms with Crippen molar-refractivity contribution in [2.24, 2.45) is 11.8 Å². The maximum atomic E-state index is 13.2. The van der Waals surface area contributed by atoms with Crippen LogP contribution in [0.3, 0.4) is 0 Å². The van der Waals surface area contributed by atoms with Crippen LogP contribution in [0.15, 0.2) is 6.07 Å². The number of anilines is 2. The summed E-state index contributed by atoms with van der Waals surface area (Å²) in [5.41, 5.74) is 2.06. The molecule has 1 aromatic rings. The minimum atomic E-state index is -0.815. The highest BCUT2D eigenvalue weighted by molar-refractivity contribution is 5.46. The lowest BCUT2D eigenvalue weighted by molar-refractivity contribution is 0.576. The predicted molar refractivity (Wildman–Crippen MR) is 55.3 cm³/mol. The monoisotopic (exact) mass is 216 g/mol. The molecule has 4 N–H and O–H groups in total. The molecule has 15 heavy (non-hydrogen) atoms. The van der Waals surface area contributed by atoms with Gasteiger partial charge in [-0.15, -0.1) is 0 Å². The number of pyridine rings is 1. The van der Waals surface area contributed by atoms with Gasteiger partial charge < -0.3 is 10.7 Å². The first kappa shape index (κ1) is 11.6. The summed E-state index contributed by atoms with van der Waals surface area (Å²) >= 11 is 0. The normalized spacial score (nSPS) is 10.5. The molecule has 0 aliphatic rings. The fourth-order valence-corrected chi connectivity index (χ4v) is 0.993. The van der Waals surface area contributed by atoms with Gasteiger partial charge in [0.1, 0.15) is 0 Å². The summed E-state index contributed by atoms with van der Waals surface area (Å²) in [6.45, 7) is 4.49. The number of hydrogen-bond acceptors (Lipinski definition) is 4. The molecule has 0 bridgehead atoms. The molecule has 0 aliphatic heterocycles. The second-order valence-electron chi connectivity index (χ2n) is 3.57. The Kier molecular flexibility index (Phi) is 3.79. The molecule has 0 unspecified atom stereocenters. The number of hydrazine groups is 1. The van der Waals surface area contributed by atoms with Crippen LogP contribution in [0.5, 0.6) is 0 Å². The number of rotatable bonds is 4. The molecule has 1 aromatic heterocycles. The molecular weight excluding hydrogens is 202 g/mol. The average molecular weight is 216 g/mol. The summed E-state index contributed by atoms with van der Waals surface area (Å²) in [6, 6.07) is 0.741. The van der Waals surface area contributed by atoms with E-state index in [-0.39, 0.29) is 11.6 Å². The van der Waals surface area contributed by atoms with Gasteiger partial charge in [0.25, 0.3) is 0 Å². The summed E-state index contributed by atoms with van der Waals surface area (Å²) in [6.07, 6.45) is 0. The van der Waals surface area contributed by atoms with E-state index in [4.69, 9.17) is 5.84 Å². The van der Waals surface area contributed by atoms with Crippen LogP contribution in [-0.4, -0.2) is 11.5 Å². The Bertz CT molecular complexity index is 341. The summed E-state index contributed by atoms with van der Waals surface area (Å²) in [7, 11) is 0. The Balaban J connectivity index is 2.87. The van der Waals surface area contributed by atoms with E-state index in [9.17, 15) is 8.78 Å². The van der Waals surface area contributed by atoms with Crippen molar-refractivity contribution in [2.45, 2.75) is 13.8 Å². The van der Waals surface area contributed by atoms with Gasteiger partial charge >= 0.3 is 0 Å². The summed E-state index contributed by atoms with van der Waals surface area (Å²) in [5.74, 6) is 3.64. The zero-order valence-corrected chi connectivity index (χ0v) is 8.64. The van der Waals surface area contributed by atoms with Gasteiger partial charge in [-0.25, -0.2) is 19.6 Å². The van der Waals surface area contributed by atoms with E-state index in [1.807, 2.05) is 13.8 Å². The zero-order chi connectivity index (χ0) is 11.4. The quantitative estimate of drug-likeness (QED) is 0.529. The molecule has 84 valence electrons. The fraction of sp³-hybridized carbons (Fsp3) is 0.444. The Labute approximate surface area is 86.9 Å². The van der Waals surface area contributed by atoms with Gasteiger partial charge in [-0.05, 0) is 5.92 Å². The number of nitrogens with zero attached hydrogens (tertiary/aromatic N) is 1. The van der Waals surface area contributed by atoms with Crippen molar-refractivity contribution in [3.8, 4) is 0 Å². The Hall–Kier alpha value is -1.43. The van der Waals surface area contributed by atoms with Gasteiger partial charge in [0.05, 0.1) is 0 Å². The second-order valence-corrected chi connectivity index (χ2v) is 3.57. The van der Waals surface area contributed by atoms with Crippen molar-refractivity contribution in [2.75, 3.05) is 17.3 Å². The number of aromatic nitrogens is 1. The molecule has 0 aromatic carbocycles. The maximum absolute atomic E-state index is 13.2. The van der Waals surface area contributed by atoms with E-state index in [1.165, 1.54) is 0 Å². The first-order valence-electron chi connectivity index (χ1n) is 4.61. The maximum Gasteiger partial charge on any atom is 0.178 e. The summed E-state index contributed by atoms with van der Waals surface area (Å²) in [4.78, 5) is 3.67. The van der Waals surface area contributed by atoms with Gasteiger partial charge in [0.15, 0.2) is 23.3 Å². The van der Waals surface area contributed by atoms with Crippen LogP contribution in [0.1, 0.15) is 13.8 Å². The van der Waals surface area contributed by atoms with Crippen molar-refractivity contribution in [3.63, 3.8) is 0 Å². The molecule has 0 saturated heterocycles. The molecule has 0 fully saturated rings. The first-order chi connectivity index (χ1) is 7.04. The highest BCUT2D eigenvalue weighted by Gasteiger charge is 2.10. The minimum absolute atomic E-state index is 0.00181. The van der Waals surface area contributed by atoms with Gasteiger partial charge in [-0.1, -0.05) is 13.8 Å². The van der Waals surface area contributed by atoms with E-state index in [0.717, 1.165) is 6.07 Å². The minimum Gasteiger partial charge on any atom is -0.367 e. The molecular formula is C9H14F2N4. The molecule has 1 heterocycles. The van der Waals surface area contributed by atoms with E-state index < -0.39 is 11.6 Å². The third kappa shape index (κ3) is 3.02. The molecule has 0 amide bonds. The van der Waals surface area contributed by atoms with Crippen molar-refractivity contribution >= 4 is 11.6 Å². The lowest BCUT2D eigenvalue weighted by Crippen LogP contribution is -2.15. The van der Waals surface area contributed by atoms with Crippen LogP contribution >= 0.6 is 0 Å². The number of nitrogen functional groups attached to an aromatic ring is 1. The van der Waals surface area contributed by atoms with Gasteiger partial charge in [0, 0.05) is 12.6 Å². The zero-order valence-electron chi connectivity index (χ0n) is 8.64. The first-order valence-corrected chi connectivity index (χ1v) is 4.61. The highest BCUT2D eigenvalue weighted by atomic mass is 19.1. The van der Waals surface area contributed by atoms with Gasteiger partial charge in [-0.3, -0.25) is 0 Å². The Morgan fingerprint density at radius 3 is 2.47 bits per heavy atom. The van der Waals surface area contributed by atoms with Crippen molar-refractivity contribution in [3.05, 3.63) is 17.7 Å². The molecule has 6 heteroatoms. The third-order valence-corrected chi connectivity index (χ3v) is 1.74. The molecule has 4 nitrogen and oxygen atoms in total. The Morgan fingerprint density at radius 1 is 1.33 bits per heavy atom. The summed E-state index contributed by atoms with van der Waals surface area (Å²) in [5, 5.41) is 2.77. The topological polar surface area (TPSA) is 63.0 Å². The molecule has 0 saturated carbocycles. The number of hydrogen-bond donors (Lipinski definition) is 3. The molecule has 1 rings (SSSR count). The third-order valence-electron chi connectivity index (χ3n) is 1.74. The van der Waals surface area contributed by atoms with E-state index in [0.29, 0.717) is 12.5 Å². The van der Waals surface area contributed by atoms with Crippen LogP contribution in [0, 0.1) is 17.6 Å². The van der Waals surface area contributed by atoms with Crippen molar-refractivity contribution in [1.29, 1.82) is 0 Å². The molecule has 0 spiro atoms. The number of nitrogens with two attached hydrogens (primary N) is 1. The largest absolute Gasteiger partial charge is 0.367 e. The average Bonchev–Trinajstić information content (AvgIpc) is 2.16.